The Kier molecular flexibility index (Phi) is 3.80. The van der Waals surface area contributed by atoms with E-state index < -0.39 is 0 Å². The van der Waals surface area contributed by atoms with E-state index in [0.29, 0.717) is 0 Å². The zero-order valence-electron chi connectivity index (χ0n) is 11.1. The van der Waals surface area contributed by atoms with Gasteiger partial charge in [-0.1, -0.05) is 25.1 Å². The second-order valence-corrected chi connectivity index (χ2v) is 5.45. The van der Waals surface area contributed by atoms with Crippen LogP contribution in [0.2, 0.25) is 0 Å². The number of ether oxygens (including phenoxy) is 1. The Balaban J connectivity index is 1.98. The third kappa shape index (κ3) is 2.51. The normalized spacial score (nSPS) is 15.0. The molecule has 4 heteroatoms. The molecule has 1 unspecified atom stereocenters. The van der Waals surface area contributed by atoms with E-state index >= 15 is 0 Å². The Hall–Kier alpha value is -1.39. The molecule has 0 aliphatic carbocycles. The average Bonchev–Trinajstić information content (AvgIpc) is 3.10. The van der Waals surface area contributed by atoms with Crippen molar-refractivity contribution in [3.63, 3.8) is 0 Å². The summed E-state index contributed by atoms with van der Waals surface area (Å²) in [5, 5.41) is 5.69. The third-order valence-electron chi connectivity index (χ3n) is 3.40. The maximum Gasteiger partial charge on any atom is 0.127 e. The highest BCUT2D eigenvalue weighted by Crippen LogP contribution is 2.35. The Labute approximate surface area is 117 Å². The number of thiazole rings is 1. The molecule has 1 aromatic carbocycles. The topological polar surface area (TPSA) is 34.2 Å². The standard InChI is InChI=1S/C15H18N2OS/c1-2-7-16-14(13-9-19-10-17-13)12-5-3-4-11-6-8-18-15(11)12/h3-5,9-10,14,16H,2,6-8H2,1H3. The number of nitrogens with one attached hydrogen (secondary N) is 1. The average molecular weight is 274 g/mol. The van der Waals surface area contributed by atoms with Crippen LogP contribution in [0.4, 0.5) is 0 Å². The number of benzene rings is 1. The molecule has 0 spiro atoms. The van der Waals surface area contributed by atoms with Crippen molar-refractivity contribution in [2.45, 2.75) is 25.8 Å². The molecule has 19 heavy (non-hydrogen) atoms. The zero-order valence-corrected chi connectivity index (χ0v) is 11.9. The van der Waals surface area contributed by atoms with Crippen LogP contribution in [-0.4, -0.2) is 18.1 Å². The van der Waals surface area contributed by atoms with Gasteiger partial charge in [0.25, 0.3) is 0 Å². The van der Waals surface area contributed by atoms with Crippen LogP contribution in [0.5, 0.6) is 5.75 Å². The monoisotopic (exact) mass is 274 g/mol. The minimum absolute atomic E-state index is 0.138. The molecule has 0 saturated carbocycles. The van der Waals surface area contributed by atoms with E-state index in [-0.39, 0.29) is 6.04 Å². The summed E-state index contributed by atoms with van der Waals surface area (Å²) in [6.07, 6.45) is 2.12. The van der Waals surface area contributed by atoms with Crippen LogP contribution in [0.15, 0.2) is 29.1 Å². The molecule has 0 bridgehead atoms. The molecule has 2 heterocycles. The molecule has 1 atom stereocenters. The Morgan fingerprint density at radius 1 is 1.47 bits per heavy atom. The minimum atomic E-state index is 0.138. The lowest BCUT2D eigenvalue weighted by atomic mass is 10.00. The molecule has 0 radical (unpaired) electrons. The van der Waals surface area contributed by atoms with Gasteiger partial charge in [-0.25, -0.2) is 4.98 Å². The van der Waals surface area contributed by atoms with Gasteiger partial charge in [-0.05, 0) is 18.5 Å². The summed E-state index contributed by atoms with van der Waals surface area (Å²) in [7, 11) is 0. The second-order valence-electron chi connectivity index (χ2n) is 4.73. The van der Waals surface area contributed by atoms with Crippen molar-refractivity contribution in [1.29, 1.82) is 0 Å². The number of hydrogen-bond acceptors (Lipinski definition) is 4. The number of hydrogen-bond donors (Lipinski definition) is 1. The van der Waals surface area contributed by atoms with Crippen LogP contribution in [0, 0.1) is 0 Å². The van der Waals surface area contributed by atoms with Crippen molar-refractivity contribution in [1.82, 2.24) is 10.3 Å². The predicted octanol–water partition coefficient (Wildman–Crippen LogP) is 3.17. The fourth-order valence-corrected chi connectivity index (χ4v) is 3.07. The number of nitrogens with zero attached hydrogens (tertiary/aromatic N) is 1. The van der Waals surface area contributed by atoms with Crippen molar-refractivity contribution in [3.05, 3.63) is 45.9 Å². The molecule has 1 N–H and O–H groups in total. The van der Waals surface area contributed by atoms with Gasteiger partial charge in [0.15, 0.2) is 0 Å². The smallest absolute Gasteiger partial charge is 0.127 e. The van der Waals surface area contributed by atoms with E-state index in [1.165, 1.54) is 11.1 Å². The highest BCUT2D eigenvalue weighted by atomic mass is 32.1. The van der Waals surface area contributed by atoms with E-state index in [0.717, 1.165) is 37.4 Å². The third-order valence-corrected chi connectivity index (χ3v) is 4.01. The van der Waals surface area contributed by atoms with Gasteiger partial charge in [0.05, 0.1) is 23.9 Å². The van der Waals surface area contributed by atoms with E-state index in [1.54, 1.807) is 11.3 Å². The van der Waals surface area contributed by atoms with Gasteiger partial charge in [-0.2, -0.15) is 0 Å². The van der Waals surface area contributed by atoms with E-state index in [1.807, 2.05) is 5.51 Å². The van der Waals surface area contributed by atoms with Crippen molar-refractivity contribution in [3.8, 4) is 5.75 Å². The van der Waals surface area contributed by atoms with Crippen molar-refractivity contribution < 1.29 is 4.74 Å². The van der Waals surface area contributed by atoms with Gasteiger partial charge < -0.3 is 10.1 Å². The van der Waals surface area contributed by atoms with Gasteiger partial charge in [0.2, 0.25) is 0 Å². The summed E-state index contributed by atoms with van der Waals surface area (Å²) in [5.74, 6) is 1.06. The van der Waals surface area contributed by atoms with Crippen LogP contribution in [0.25, 0.3) is 0 Å². The summed E-state index contributed by atoms with van der Waals surface area (Å²) < 4.78 is 5.82. The Morgan fingerprint density at radius 3 is 3.21 bits per heavy atom. The van der Waals surface area contributed by atoms with Gasteiger partial charge in [0, 0.05) is 17.4 Å². The van der Waals surface area contributed by atoms with Crippen molar-refractivity contribution in [2.75, 3.05) is 13.2 Å². The summed E-state index contributed by atoms with van der Waals surface area (Å²) in [5.41, 5.74) is 5.51. The molecule has 3 nitrogen and oxygen atoms in total. The van der Waals surface area contributed by atoms with Gasteiger partial charge >= 0.3 is 0 Å². The van der Waals surface area contributed by atoms with Gasteiger partial charge in [-0.3, -0.25) is 0 Å². The molecule has 2 aromatic rings. The first-order valence-corrected chi connectivity index (χ1v) is 7.70. The maximum absolute atomic E-state index is 5.82. The summed E-state index contributed by atoms with van der Waals surface area (Å²) >= 11 is 1.64. The van der Waals surface area contributed by atoms with Crippen LogP contribution in [-0.2, 0) is 6.42 Å². The first-order valence-electron chi connectivity index (χ1n) is 6.76. The first kappa shape index (κ1) is 12.6. The molecule has 0 saturated heterocycles. The Morgan fingerprint density at radius 2 is 2.42 bits per heavy atom. The van der Waals surface area contributed by atoms with Gasteiger partial charge in [0.1, 0.15) is 5.75 Å². The van der Waals surface area contributed by atoms with Crippen LogP contribution in [0.3, 0.4) is 0 Å². The summed E-state index contributed by atoms with van der Waals surface area (Å²) in [6, 6.07) is 6.57. The highest BCUT2D eigenvalue weighted by Gasteiger charge is 2.23. The number of aromatic nitrogens is 1. The first-order chi connectivity index (χ1) is 9.40. The molecule has 3 rings (SSSR count). The van der Waals surface area contributed by atoms with E-state index in [4.69, 9.17) is 4.74 Å². The van der Waals surface area contributed by atoms with E-state index in [2.05, 4.69) is 40.8 Å². The lowest BCUT2D eigenvalue weighted by Crippen LogP contribution is -2.24. The minimum Gasteiger partial charge on any atom is -0.493 e. The molecule has 1 aromatic heterocycles. The lowest BCUT2D eigenvalue weighted by molar-refractivity contribution is 0.350. The van der Waals surface area contributed by atoms with E-state index in [9.17, 15) is 0 Å². The van der Waals surface area contributed by atoms with Crippen LogP contribution < -0.4 is 10.1 Å². The molecule has 1 aliphatic rings. The molecule has 0 amide bonds. The van der Waals surface area contributed by atoms with Crippen LogP contribution >= 0.6 is 11.3 Å². The quantitative estimate of drug-likeness (QED) is 0.909. The fraction of sp³-hybridized carbons (Fsp3) is 0.400. The van der Waals surface area contributed by atoms with Crippen molar-refractivity contribution >= 4 is 11.3 Å². The predicted molar refractivity (Wildman–Crippen MR) is 77.9 cm³/mol. The number of rotatable bonds is 5. The second kappa shape index (κ2) is 5.72. The number of para-hydroxylation sites is 1. The number of fused-ring (bicyclic) bond motifs is 1. The SMILES string of the molecule is CCCNC(c1cscn1)c1cccc2c1OCC2. The molecular weight excluding hydrogens is 256 g/mol. The largest absolute Gasteiger partial charge is 0.493 e. The Bertz CT molecular complexity index is 539. The molecule has 100 valence electrons. The van der Waals surface area contributed by atoms with Crippen molar-refractivity contribution in [2.24, 2.45) is 0 Å². The summed E-state index contributed by atoms with van der Waals surface area (Å²) in [4.78, 5) is 4.47. The molecule has 1 aliphatic heterocycles. The lowest BCUT2D eigenvalue weighted by Gasteiger charge is -2.19. The van der Waals surface area contributed by atoms with Crippen LogP contribution in [0.1, 0.15) is 36.2 Å². The zero-order chi connectivity index (χ0) is 13.1. The maximum atomic E-state index is 5.82. The molecule has 0 fully saturated rings. The van der Waals surface area contributed by atoms with Gasteiger partial charge in [-0.15, -0.1) is 11.3 Å². The fourth-order valence-electron chi connectivity index (χ4n) is 2.49. The molecular formula is C15H18N2OS. The highest BCUT2D eigenvalue weighted by molar-refractivity contribution is 7.07. The summed E-state index contributed by atoms with van der Waals surface area (Å²) in [6.45, 7) is 3.95.